The van der Waals surface area contributed by atoms with Crippen LogP contribution in [0.2, 0.25) is 0 Å². The summed E-state index contributed by atoms with van der Waals surface area (Å²) in [5.41, 5.74) is 3.67. The van der Waals surface area contributed by atoms with E-state index in [-0.39, 0.29) is 0 Å². The summed E-state index contributed by atoms with van der Waals surface area (Å²) in [6, 6.07) is 7.65. The van der Waals surface area contributed by atoms with Gasteiger partial charge < -0.3 is 4.90 Å². The molecule has 6 nitrogen and oxygen atoms in total. The zero-order chi connectivity index (χ0) is 18.7. The van der Waals surface area contributed by atoms with Gasteiger partial charge in [-0.05, 0) is 45.3 Å². The van der Waals surface area contributed by atoms with E-state index in [2.05, 4.69) is 19.6 Å². The molecule has 1 aliphatic heterocycles. The molecule has 0 radical (unpaired) electrons. The minimum absolute atomic E-state index is 0.446. The predicted octanol–water partition coefficient (Wildman–Crippen LogP) is 3.41. The lowest BCUT2D eigenvalue weighted by atomic mass is 10.2. The second-order valence-corrected chi connectivity index (χ2v) is 8.19. The van der Waals surface area contributed by atoms with E-state index in [0.717, 1.165) is 37.1 Å². The molecule has 1 fully saturated rings. The van der Waals surface area contributed by atoms with Crippen LogP contribution in [0.15, 0.2) is 29.7 Å². The predicted molar refractivity (Wildman–Crippen MR) is 106 cm³/mol. The smallest absolute Gasteiger partial charge is 0.255 e. The standard InChI is InChI=1S/C19H24N4O2S/c1-14-6-8-17(9-7-14)10-13-26(24,25)22-18-15(2)20-19(21-16(18)3)23-11-4-5-12-23/h6-10,13,22H,4-5,11-12H2,1-3H3/b13-10+. The van der Waals surface area contributed by atoms with Crippen LogP contribution < -0.4 is 9.62 Å². The SMILES string of the molecule is Cc1ccc(/C=C/S(=O)(=O)Nc2c(C)nc(N3CCCC3)nc2C)cc1. The van der Waals surface area contributed by atoms with E-state index in [1.807, 2.05) is 31.2 Å². The molecule has 0 amide bonds. The Balaban J connectivity index is 1.79. The fourth-order valence-corrected chi connectivity index (χ4v) is 3.91. The Morgan fingerprint density at radius 1 is 1.00 bits per heavy atom. The number of rotatable bonds is 5. The highest BCUT2D eigenvalue weighted by Crippen LogP contribution is 2.24. The minimum Gasteiger partial charge on any atom is -0.341 e. The summed E-state index contributed by atoms with van der Waals surface area (Å²) >= 11 is 0. The van der Waals surface area contributed by atoms with E-state index in [1.165, 1.54) is 5.41 Å². The number of aryl methyl sites for hydroxylation is 3. The number of hydrogen-bond donors (Lipinski definition) is 1. The van der Waals surface area contributed by atoms with Crippen molar-refractivity contribution >= 4 is 27.7 Å². The molecule has 2 aromatic rings. The van der Waals surface area contributed by atoms with Crippen molar-refractivity contribution in [1.29, 1.82) is 0 Å². The Labute approximate surface area is 155 Å². The van der Waals surface area contributed by atoms with Gasteiger partial charge in [0.1, 0.15) is 0 Å². The summed E-state index contributed by atoms with van der Waals surface area (Å²) in [6.07, 6.45) is 3.85. The number of nitrogens with zero attached hydrogens (tertiary/aromatic N) is 3. The molecule has 1 aromatic heterocycles. The number of benzene rings is 1. The van der Waals surface area contributed by atoms with Crippen molar-refractivity contribution in [3.05, 3.63) is 52.2 Å². The van der Waals surface area contributed by atoms with Gasteiger partial charge in [-0.1, -0.05) is 29.8 Å². The lowest BCUT2D eigenvalue weighted by Gasteiger charge is -2.18. The van der Waals surface area contributed by atoms with Crippen LogP contribution in [0.5, 0.6) is 0 Å². The van der Waals surface area contributed by atoms with Gasteiger partial charge in [-0.25, -0.2) is 18.4 Å². The molecule has 3 rings (SSSR count). The molecule has 26 heavy (non-hydrogen) atoms. The van der Waals surface area contributed by atoms with Gasteiger partial charge in [0.15, 0.2) is 0 Å². The second-order valence-electron chi connectivity index (χ2n) is 6.62. The van der Waals surface area contributed by atoms with E-state index in [4.69, 9.17) is 0 Å². The quantitative estimate of drug-likeness (QED) is 0.870. The zero-order valence-electron chi connectivity index (χ0n) is 15.4. The Kier molecular flexibility index (Phi) is 5.27. The number of sulfonamides is 1. The highest BCUT2D eigenvalue weighted by atomic mass is 32.2. The average Bonchev–Trinajstić information content (AvgIpc) is 3.12. The highest BCUT2D eigenvalue weighted by Gasteiger charge is 2.19. The molecule has 1 saturated heterocycles. The van der Waals surface area contributed by atoms with Gasteiger partial charge in [-0.3, -0.25) is 4.72 Å². The first-order valence-electron chi connectivity index (χ1n) is 8.72. The largest absolute Gasteiger partial charge is 0.341 e. The molecule has 1 aliphatic rings. The molecule has 0 bridgehead atoms. The van der Waals surface area contributed by atoms with Crippen molar-refractivity contribution in [2.24, 2.45) is 0 Å². The maximum Gasteiger partial charge on any atom is 0.255 e. The summed E-state index contributed by atoms with van der Waals surface area (Å²) in [4.78, 5) is 11.1. The third-order valence-electron chi connectivity index (χ3n) is 4.41. The lowest BCUT2D eigenvalue weighted by Crippen LogP contribution is -2.22. The summed E-state index contributed by atoms with van der Waals surface area (Å²) in [7, 11) is -3.64. The van der Waals surface area contributed by atoms with Crippen molar-refractivity contribution in [3.63, 3.8) is 0 Å². The van der Waals surface area contributed by atoms with Crippen molar-refractivity contribution in [2.75, 3.05) is 22.7 Å². The minimum atomic E-state index is -3.64. The van der Waals surface area contributed by atoms with Crippen molar-refractivity contribution in [1.82, 2.24) is 9.97 Å². The molecule has 0 saturated carbocycles. The van der Waals surface area contributed by atoms with E-state index in [0.29, 0.717) is 23.0 Å². The molecule has 2 heterocycles. The van der Waals surface area contributed by atoms with Gasteiger partial charge in [0.25, 0.3) is 10.0 Å². The third-order valence-corrected chi connectivity index (χ3v) is 5.39. The summed E-state index contributed by atoms with van der Waals surface area (Å²) in [5, 5.41) is 1.17. The maximum atomic E-state index is 12.4. The third kappa shape index (κ3) is 4.40. The number of anilines is 2. The summed E-state index contributed by atoms with van der Waals surface area (Å²) in [6.45, 7) is 7.49. The summed E-state index contributed by atoms with van der Waals surface area (Å²) in [5.74, 6) is 0.677. The molecule has 1 N–H and O–H groups in total. The normalized spacial score (nSPS) is 15.0. The first-order valence-corrected chi connectivity index (χ1v) is 10.3. The Bertz CT molecular complexity index is 892. The molecular weight excluding hydrogens is 348 g/mol. The summed E-state index contributed by atoms with van der Waals surface area (Å²) < 4.78 is 27.4. The lowest BCUT2D eigenvalue weighted by molar-refractivity contribution is 0.609. The molecule has 7 heteroatoms. The van der Waals surface area contributed by atoms with Gasteiger partial charge >= 0.3 is 0 Å². The van der Waals surface area contributed by atoms with Crippen LogP contribution in [-0.4, -0.2) is 31.5 Å². The van der Waals surface area contributed by atoms with Gasteiger partial charge in [0.2, 0.25) is 5.95 Å². The topological polar surface area (TPSA) is 75.2 Å². The molecule has 0 spiro atoms. The molecule has 1 aromatic carbocycles. The fourth-order valence-electron chi connectivity index (χ4n) is 2.93. The molecule has 0 aliphatic carbocycles. The van der Waals surface area contributed by atoms with Crippen LogP contribution in [0.4, 0.5) is 11.6 Å². The Morgan fingerprint density at radius 3 is 2.15 bits per heavy atom. The highest BCUT2D eigenvalue weighted by molar-refractivity contribution is 7.95. The van der Waals surface area contributed by atoms with E-state index in [1.54, 1.807) is 19.9 Å². The average molecular weight is 372 g/mol. The Morgan fingerprint density at radius 2 is 1.58 bits per heavy atom. The van der Waals surface area contributed by atoms with Gasteiger partial charge in [0, 0.05) is 13.1 Å². The zero-order valence-corrected chi connectivity index (χ0v) is 16.2. The van der Waals surface area contributed by atoms with Crippen LogP contribution >= 0.6 is 0 Å². The van der Waals surface area contributed by atoms with Crippen LogP contribution in [0.25, 0.3) is 6.08 Å². The van der Waals surface area contributed by atoms with Crippen molar-refractivity contribution in [2.45, 2.75) is 33.6 Å². The molecule has 0 atom stereocenters. The second kappa shape index (κ2) is 7.45. The van der Waals surface area contributed by atoms with Gasteiger partial charge in [0.05, 0.1) is 22.5 Å². The van der Waals surface area contributed by atoms with E-state index >= 15 is 0 Å². The van der Waals surface area contributed by atoms with Crippen LogP contribution in [-0.2, 0) is 10.0 Å². The maximum absolute atomic E-state index is 12.4. The van der Waals surface area contributed by atoms with E-state index in [9.17, 15) is 8.42 Å². The number of aromatic nitrogens is 2. The van der Waals surface area contributed by atoms with Gasteiger partial charge in [-0.2, -0.15) is 0 Å². The van der Waals surface area contributed by atoms with Crippen LogP contribution in [0.3, 0.4) is 0 Å². The first kappa shape index (κ1) is 18.4. The molecule has 138 valence electrons. The fraction of sp³-hybridized carbons (Fsp3) is 0.368. The first-order chi connectivity index (χ1) is 12.3. The Hall–Kier alpha value is -2.41. The van der Waals surface area contributed by atoms with Crippen molar-refractivity contribution in [3.8, 4) is 0 Å². The van der Waals surface area contributed by atoms with Crippen molar-refractivity contribution < 1.29 is 8.42 Å². The molecule has 0 unspecified atom stereocenters. The van der Waals surface area contributed by atoms with Crippen LogP contribution in [0, 0.1) is 20.8 Å². The van der Waals surface area contributed by atoms with Gasteiger partial charge in [-0.15, -0.1) is 0 Å². The van der Waals surface area contributed by atoms with E-state index < -0.39 is 10.0 Å². The molecular formula is C19H24N4O2S. The number of hydrogen-bond acceptors (Lipinski definition) is 5. The number of nitrogens with one attached hydrogen (secondary N) is 1. The van der Waals surface area contributed by atoms with Crippen LogP contribution in [0.1, 0.15) is 35.4 Å². The monoisotopic (exact) mass is 372 g/mol.